The van der Waals surface area contributed by atoms with E-state index in [1.807, 2.05) is 23.1 Å². The monoisotopic (exact) mass is 289 g/mol. The minimum atomic E-state index is -0.338. The molecule has 1 aromatic rings. The largest absolute Gasteiger partial charge is 0.373 e. The normalized spacial score (nSPS) is 25.6. The van der Waals surface area contributed by atoms with Crippen molar-refractivity contribution in [3.8, 4) is 0 Å². The van der Waals surface area contributed by atoms with Gasteiger partial charge in [-0.2, -0.15) is 0 Å². The highest BCUT2D eigenvalue weighted by molar-refractivity contribution is 5.99. The molecule has 2 aliphatic rings. The molecule has 0 aliphatic carbocycles. The van der Waals surface area contributed by atoms with Gasteiger partial charge in [-0.25, -0.2) is 0 Å². The van der Waals surface area contributed by atoms with E-state index in [-0.39, 0.29) is 18.1 Å². The van der Waals surface area contributed by atoms with Gasteiger partial charge < -0.3 is 20.3 Å². The fourth-order valence-corrected chi connectivity index (χ4v) is 3.19. The van der Waals surface area contributed by atoms with Crippen LogP contribution in [0.2, 0.25) is 0 Å². The highest BCUT2D eigenvalue weighted by Gasteiger charge is 2.34. The Bertz CT molecular complexity index is 520. The van der Waals surface area contributed by atoms with Gasteiger partial charge in [0.15, 0.2) is 0 Å². The van der Waals surface area contributed by atoms with Gasteiger partial charge in [-0.3, -0.25) is 4.79 Å². The van der Waals surface area contributed by atoms with Crippen molar-refractivity contribution in [3.63, 3.8) is 0 Å². The van der Waals surface area contributed by atoms with E-state index in [1.165, 1.54) is 0 Å². The first-order valence-electron chi connectivity index (χ1n) is 7.68. The molecule has 1 saturated heterocycles. The highest BCUT2D eigenvalue weighted by Crippen LogP contribution is 2.33. The molecule has 1 fully saturated rings. The summed E-state index contributed by atoms with van der Waals surface area (Å²) in [7, 11) is 2.07. The first kappa shape index (κ1) is 14.4. The maximum atomic E-state index is 12.8. The molecular weight excluding hydrogens is 266 g/mol. The van der Waals surface area contributed by atoms with Gasteiger partial charge >= 0.3 is 0 Å². The van der Waals surface area contributed by atoms with Gasteiger partial charge in [0.1, 0.15) is 6.10 Å². The molecule has 0 unspecified atom stereocenters. The van der Waals surface area contributed by atoms with Crippen LogP contribution in [0.25, 0.3) is 0 Å². The minimum absolute atomic E-state index is 0.0313. The third-order valence-corrected chi connectivity index (χ3v) is 4.37. The summed E-state index contributed by atoms with van der Waals surface area (Å²) >= 11 is 0. The van der Waals surface area contributed by atoms with E-state index in [1.54, 1.807) is 0 Å². The Morgan fingerprint density at radius 1 is 1.29 bits per heavy atom. The molecule has 0 spiro atoms. The number of hydrogen-bond donors (Lipinski definition) is 1. The molecule has 0 bridgehead atoms. The number of hydrogen-bond acceptors (Lipinski definition) is 4. The second-order valence-electron chi connectivity index (χ2n) is 5.81. The zero-order chi connectivity index (χ0) is 14.8. The van der Waals surface area contributed by atoms with E-state index in [4.69, 9.17) is 10.5 Å². The lowest BCUT2D eigenvalue weighted by atomic mass is 10.1. The van der Waals surface area contributed by atoms with Crippen molar-refractivity contribution >= 4 is 17.3 Å². The van der Waals surface area contributed by atoms with E-state index >= 15 is 0 Å². The van der Waals surface area contributed by atoms with Gasteiger partial charge in [0.2, 0.25) is 0 Å². The number of benzene rings is 1. The van der Waals surface area contributed by atoms with Crippen LogP contribution in [0.4, 0.5) is 11.4 Å². The van der Waals surface area contributed by atoms with Crippen molar-refractivity contribution in [2.45, 2.75) is 31.5 Å². The zero-order valence-electron chi connectivity index (χ0n) is 12.5. The van der Waals surface area contributed by atoms with Gasteiger partial charge in [0.05, 0.1) is 17.5 Å². The molecule has 1 aromatic carbocycles. The van der Waals surface area contributed by atoms with Crippen molar-refractivity contribution in [2.75, 3.05) is 36.5 Å². The Balaban J connectivity index is 1.84. The van der Waals surface area contributed by atoms with Crippen LogP contribution in [0.15, 0.2) is 24.3 Å². The van der Waals surface area contributed by atoms with Crippen LogP contribution in [0.3, 0.4) is 0 Å². The van der Waals surface area contributed by atoms with Crippen molar-refractivity contribution in [1.82, 2.24) is 0 Å². The van der Waals surface area contributed by atoms with Crippen molar-refractivity contribution in [3.05, 3.63) is 24.3 Å². The van der Waals surface area contributed by atoms with Crippen LogP contribution < -0.4 is 15.5 Å². The van der Waals surface area contributed by atoms with Crippen molar-refractivity contribution < 1.29 is 9.53 Å². The number of ether oxygens (including phenoxy) is 1. The van der Waals surface area contributed by atoms with Gasteiger partial charge in [-0.1, -0.05) is 12.1 Å². The fourth-order valence-electron chi connectivity index (χ4n) is 3.19. The quantitative estimate of drug-likeness (QED) is 0.893. The molecule has 2 aliphatic heterocycles. The van der Waals surface area contributed by atoms with E-state index in [0.29, 0.717) is 6.54 Å². The Morgan fingerprint density at radius 2 is 2.05 bits per heavy atom. The Morgan fingerprint density at radius 3 is 2.76 bits per heavy atom. The lowest BCUT2D eigenvalue weighted by Crippen LogP contribution is -2.40. The molecule has 21 heavy (non-hydrogen) atoms. The summed E-state index contributed by atoms with van der Waals surface area (Å²) in [6, 6.07) is 8.08. The molecule has 114 valence electrons. The first-order valence-corrected chi connectivity index (χ1v) is 7.68. The van der Waals surface area contributed by atoms with E-state index < -0.39 is 0 Å². The van der Waals surface area contributed by atoms with E-state index in [0.717, 1.165) is 43.7 Å². The van der Waals surface area contributed by atoms with Gasteiger partial charge in [0, 0.05) is 26.7 Å². The summed E-state index contributed by atoms with van der Waals surface area (Å²) in [5.74, 6) is 0.0775. The van der Waals surface area contributed by atoms with Crippen LogP contribution in [-0.4, -0.2) is 44.8 Å². The van der Waals surface area contributed by atoms with Crippen molar-refractivity contribution in [1.29, 1.82) is 0 Å². The molecule has 5 nitrogen and oxygen atoms in total. The zero-order valence-corrected chi connectivity index (χ0v) is 12.5. The molecule has 1 amide bonds. The standard InChI is InChI=1S/C16H23N3O2/c1-18-9-4-10-19(14-6-3-2-5-13(14)18)16(20)15-8-7-12(11-17)21-15/h2-3,5-6,12,15H,4,7-11,17H2,1H3/t12-,15+/m1/s1. The number of carbonyl (C=O) groups is 1. The third kappa shape index (κ3) is 2.76. The lowest BCUT2D eigenvalue weighted by molar-refractivity contribution is -0.129. The van der Waals surface area contributed by atoms with Gasteiger partial charge in [-0.15, -0.1) is 0 Å². The number of rotatable bonds is 2. The van der Waals surface area contributed by atoms with Crippen LogP contribution in [0, 0.1) is 0 Å². The Labute approximate surface area is 125 Å². The average molecular weight is 289 g/mol. The number of fused-ring (bicyclic) bond motifs is 1. The molecule has 2 N–H and O–H groups in total. The van der Waals surface area contributed by atoms with Crippen LogP contribution in [-0.2, 0) is 9.53 Å². The highest BCUT2D eigenvalue weighted by atomic mass is 16.5. The van der Waals surface area contributed by atoms with E-state index in [9.17, 15) is 4.79 Å². The smallest absolute Gasteiger partial charge is 0.256 e. The summed E-state index contributed by atoms with van der Waals surface area (Å²) < 4.78 is 5.78. The maximum absolute atomic E-state index is 12.8. The Hall–Kier alpha value is -1.59. The molecule has 0 radical (unpaired) electrons. The van der Waals surface area contributed by atoms with Gasteiger partial charge in [0.25, 0.3) is 5.91 Å². The summed E-state index contributed by atoms with van der Waals surface area (Å²) in [6.45, 7) is 2.19. The second-order valence-corrected chi connectivity index (χ2v) is 5.81. The Kier molecular flexibility index (Phi) is 4.12. The van der Waals surface area contributed by atoms with E-state index in [2.05, 4.69) is 18.0 Å². The SMILES string of the molecule is CN1CCCN(C(=O)[C@@H]2CC[C@H](CN)O2)c2ccccc21. The summed E-state index contributed by atoms with van der Waals surface area (Å²) in [4.78, 5) is 16.9. The number of para-hydroxylation sites is 2. The minimum Gasteiger partial charge on any atom is -0.373 e. The third-order valence-electron chi connectivity index (χ3n) is 4.37. The van der Waals surface area contributed by atoms with Crippen LogP contribution >= 0.6 is 0 Å². The molecule has 2 heterocycles. The molecule has 2 atom stereocenters. The molecular formula is C16H23N3O2. The predicted octanol–water partition coefficient (Wildman–Crippen LogP) is 1.37. The summed E-state index contributed by atoms with van der Waals surface area (Å²) in [6.07, 6.45) is 2.31. The summed E-state index contributed by atoms with van der Waals surface area (Å²) in [5.41, 5.74) is 7.73. The van der Waals surface area contributed by atoms with Crippen LogP contribution in [0.5, 0.6) is 0 Å². The maximum Gasteiger partial charge on any atom is 0.256 e. The molecule has 3 rings (SSSR count). The predicted molar refractivity (Wildman–Crippen MR) is 83.6 cm³/mol. The fraction of sp³-hybridized carbons (Fsp3) is 0.562. The second kappa shape index (κ2) is 6.03. The number of amides is 1. The first-order chi connectivity index (χ1) is 10.2. The topological polar surface area (TPSA) is 58.8 Å². The molecule has 0 saturated carbocycles. The number of carbonyl (C=O) groups excluding carboxylic acids is 1. The molecule has 0 aromatic heterocycles. The number of anilines is 2. The average Bonchev–Trinajstić information content (AvgIpc) is 2.93. The van der Waals surface area contributed by atoms with Gasteiger partial charge in [-0.05, 0) is 31.4 Å². The van der Waals surface area contributed by atoms with Crippen molar-refractivity contribution in [2.24, 2.45) is 5.73 Å². The summed E-state index contributed by atoms with van der Waals surface area (Å²) in [5, 5.41) is 0. The lowest BCUT2D eigenvalue weighted by Gasteiger charge is -2.26. The number of nitrogens with two attached hydrogens (primary N) is 1. The van der Waals surface area contributed by atoms with Crippen LogP contribution in [0.1, 0.15) is 19.3 Å². The number of nitrogens with zero attached hydrogens (tertiary/aromatic N) is 2. The molecule has 5 heteroatoms.